The molecule has 0 aliphatic carbocycles. The molecule has 0 radical (unpaired) electrons. The van der Waals surface area contributed by atoms with Crippen molar-refractivity contribution in [2.45, 2.75) is 6.54 Å². The monoisotopic (exact) mass is 246 g/mol. The van der Waals surface area contributed by atoms with Gasteiger partial charge in [0, 0.05) is 11.8 Å². The SMILES string of the molecule is COc1ccc(C(=O)NCc2cnc[nH]2)cc1N. The van der Waals surface area contributed by atoms with Gasteiger partial charge >= 0.3 is 0 Å². The van der Waals surface area contributed by atoms with Gasteiger partial charge in [-0.2, -0.15) is 0 Å². The third-order valence-electron chi connectivity index (χ3n) is 2.49. The number of hydrogen-bond acceptors (Lipinski definition) is 4. The molecule has 4 N–H and O–H groups in total. The van der Waals surface area contributed by atoms with Crippen molar-refractivity contribution in [2.24, 2.45) is 0 Å². The molecule has 0 aliphatic heterocycles. The summed E-state index contributed by atoms with van der Waals surface area (Å²) >= 11 is 0. The standard InChI is InChI=1S/C12H14N4O2/c1-18-11-3-2-8(4-10(11)13)12(17)15-6-9-5-14-7-16-9/h2-5,7H,6,13H2,1H3,(H,14,16)(H,15,17). The first-order valence-electron chi connectivity index (χ1n) is 5.39. The Hall–Kier alpha value is -2.50. The number of nitrogens with zero attached hydrogens (tertiary/aromatic N) is 1. The highest BCUT2D eigenvalue weighted by Gasteiger charge is 2.08. The van der Waals surface area contributed by atoms with Crippen molar-refractivity contribution in [2.75, 3.05) is 12.8 Å². The van der Waals surface area contributed by atoms with Gasteiger partial charge in [-0.25, -0.2) is 4.98 Å². The molecule has 94 valence electrons. The lowest BCUT2D eigenvalue weighted by atomic mass is 10.1. The van der Waals surface area contributed by atoms with Gasteiger partial charge in [0.15, 0.2) is 0 Å². The molecule has 0 saturated carbocycles. The van der Waals surface area contributed by atoms with Crippen LogP contribution in [0.1, 0.15) is 16.1 Å². The van der Waals surface area contributed by atoms with Gasteiger partial charge in [0.1, 0.15) is 5.75 Å². The number of aromatic nitrogens is 2. The zero-order valence-electron chi connectivity index (χ0n) is 9.93. The Balaban J connectivity index is 2.02. The number of hydrogen-bond donors (Lipinski definition) is 3. The summed E-state index contributed by atoms with van der Waals surface area (Å²) in [6, 6.07) is 4.92. The lowest BCUT2D eigenvalue weighted by molar-refractivity contribution is 0.0950. The minimum atomic E-state index is -0.195. The zero-order chi connectivity index (χ0) is 13.0. The molecule has 18 heavy (non-hydrogen) atoms. The van der Waals surface area contributed by atoms with Crippen molar-refractivity contribution in [3.63, 3.8) is 0 Å². The maximum atomic E-state index is 11.8. The van der Waals surface area contributed by atoms with E-state index in [1.54, 1.807) is 30.7 Å². The number of carbonyl (C=O) groups is 1. The maximum Gasteiger partial charge on any atom is 0.251 e. The summed E-state index contributed by atoms with van der Waals surface area (Å²) in [4.78, 5) is 18.6. The van der Waals surface area contributed by atoms with E-state index in [4.69, 9.17) is 10.5 Å². The van der Waals surface area contributed by atoms with E-state index in [1.807, 2.05) is 0 Å². The highest BCUT2D eigenvalue weighted by atomic mass is 16.5. The van der Waals surface area contributed by atoms with Gasteiger partial charge in [-0.15, -0.1) is 0 Å². The van der Waals surface area contributed by atoms with Crippen molar-refractivity contribution < 1.29 is 9.53 Å². The number of aromatic amines is 1. The first-order valence-corrected chi connectivity index (χ1v) is 5.39. The Labute approximate surface area is 104 Å². The second kappa shape index (κ2) is 5.22. The van der Waals surface area contributed by atoms with Crippen LogP contribution in [0.3, 0.4) is 0 Å². The van der Waals surface area contributed by atoms with Crippen LogP contribution in [0.15, 0.2) is 30.7 Å². The molecule has 0 atom stereocenters. The number of anilines is 1. The van der Waals surface area contributed by atoms with E-state index >= 15 is 0 Å². The number of amides is 1. The predicted molar refractivity (Wildman–Crippen MR) is 67.2 cm³/mol. The average Bonchev–Trinajstić information content (AvgIpc) is 2.89. The second-order valence-electron chi connectivity index (χ2n) is 3.72. The maximum absolute atomic E-state index is 11.8. The quantitative estimate of drug-likeness (QED) is 0.700. The molecule has 1 aromatic heterocycles. The Bertz CT molecular complexity index is 537. The number of ether oxygens (including phenoxy) is 1. The minimum absolute atomic E-state index is 0.195. The summed E-state index contributed by atoms with van der Waals surface area (Å²) in [5, 5.41) is 2.76. The first-order chi connectivity index (χ1) is 8.70. The molecule has 0 bridgehead atoms. The summed E-state index contributed by atoms with van der Waals surface area (Å²) in [5.41, 5.74) is 7.51. The molecule has 2 aromatic rings. The summed E-state index contributed by atoms with van der Waals surface area (Å²) in [6.07, 6.45) is 3.22. The Morgan fingerprint density at radius 2 is 2.39 bits per heavy atom. The van der Waals surface area contributed by atoms with Crippen molar-refractivity contribution in [1.82, 2.24) is 15.3 Å². The number of nitrogens with one attached hydrogen (secondary N) is 2. The van der Waals surface area contributed by atoms with Gasteiger partial charge in [0.05, 0.1) is 31.4 Å². The Kier molecular flexibility index (Phi) is 3.47. The van der Waals surface area contributed by atoms with Crippen molar-refractivity contribution in [1.29, 1.82) is 0 Å². The molecule has 6 nitrogen and oxygen atoms in total. The molecule has 0 saturated heterocycles. The highest BCUT2D eigenvalue weighted by Crippen LogP contribution is 2.21. The van der Waals surface area contributed by atoms with Gasteiger partial charge in [0.2, 0.25) is 0 Å². The van der Waals surface area contributed by atoms with Crippen LogP contribution in [-0.2, 0) is 6.54 Å². The molecule has 1 heterocycles. The van der Waals surface area contributed by atoms with E-state index in [2.05, 4.69) is 15.3 Å². The fraction of sp³-hybridized carbons (Fsp3) is 0.167. The van der Waals surface area contributed by atoms with E-state index in [0.29, 0.717) is 23.5 Å². The van der Waals surface area contributed by atoms with E-state index in [0.717, 1.165) is 5.69 Å². The summed E-state index contributed by atoms with van der Waals surface area (Å²) < 4.78 is 5.03. The highest BCUT2D eigenvalue weighted by molar-refractivity contribution is 5.95. The third-order valence-corrected chi connectivity index (χ3v) is 2.49. The molecule has 0 fully saturated rings. The molecule has 1 aromatic carbocycles. The largest absolute Gasteiger partial charge is 0.495 e. The number of methoxy groups -OCH3 is 1. The van der Waals surface area contributed by atoms with Crippen molar-refractivity contribution in [3.8, 4) is 5.75 Å². The van der Waals surface area contributed by atoms with Crippen LogP contribution >= 0.6 is 0 Å². The molecular formula is C12H14N4O2. The van der Waals surface area contributed by atoms with Crippen LogP contribution in [0, 0.1) is 0 Å². The number of H-pyrrole nitrogens is 1. The zero-order valence-corrected chi connectivity index (χ0v) is 9.93. The fourth-order valence-electron chi connectivity index (χ4n) is 1.53. The van der Waals surface area contributed by atoms with E-state index in [1.165, 1.54) is 7.11 Å². The molecule has 2 rings (SSSR count). The van der Waals surface area contributed by atoms with Gasteiger partial charge < -0.3 is 20.8 Å². The smallest absolute Gasteiger partial charge is 0.251 e. The lowest BCUT2D eigenvalue weighted by Crippen LogP contribution is -2.23. The molecular weight excluding hydrogens is 232 g/mol. The van der Waals surface area contributed by atoms with Crippen LogP contribution in [-0.4, -0.2) is 23.0 Å². The normalized spacial score (nSPS) is 10.1. The number of nitrogens with two attached hydrogens (primary N) is 1. The van der Waals surface area contributed by atoms with Crippen LogP contribution < -0.4 is 15.8 Å². The topological polar surface area (TPSA) is 93.0 Å². The first kappa shape index (κ1) is 12.0. The lowest BCUT2D eigenvalue weighted by Gasteiger charge is -2.07. The van der Waals surface area contributed by atoms with E-state index in [-0.39, 0.29) is 5.91 Å². The number of benzene rings is 1. The van der Waals surface area contributed by atoms with E-state index < -0.39 is 0 Å². The van der Waals surface area contributed by atoms with Crippen molar-refractivity contribution in [3.05, 3.63) is 42.0 Å². The molecule has 0 unspecified atom stereocenters. The van der Waals surface area contributed by atoms with Crippen LogP contribution in [0.25, 0.3) is 0 Å². The Morgan fingerprint density at radius 1 is 1.56 bits per heavy atom. The average molecular weight is 246 g/mol. The summed E-state index contributed by atoms with van der Waals surface area (Å²) in [6.45, 7) is 0.394. The number of carbonyl (C=O) groups excluding carboxylic acids is 1. The van der Waals surface area contributed by atoms with E-state index in [9.17, 15) is 4.79 Å². The fourth-order valence-corrected chi connectivity index (χ4v) is 1.53. The molecule has 6 heteroatoms. The van der Waals surface area contributed by atoms with Crippen LogP contribution in [0.4, 0.5) is 5.69 Å². The van der Waals surface area contributed by atoms with Gasteiger partial charge in [0.25, 0.3) is 5.91 Å². The predicted octanol–water partition coefficient (Wildman–Crippen LogP) is 0.931. The third kappa shape index (κ3) is 2.60. The summed E-state index contributed by atoms with van der Waals surface area (Å²) in [7, 11) is 1.53. The molecule has 1 amide bonds. The van der Waals surface area contributed by atoms with Crippen LogP contribution in [0.5, 0.6) is 5.75 Å². The van der Waals surface area contributed by atoms with Gasteiger partial charge in [-0.3, -0.25) is 4.79 Å². The Morgan fingerprint density at radius 3 is 3.00 bits per heavy atom. The number of rotatable bonds is 4. The minimum Gasteiger partial charge on any atom is -0.495 e. The summed E-state index contributed by atoms with van der Waals surface area (Å²) in [5.74, 6) is 0.360. The van der Waals surface area contributed by atoms with Gasteiger partial charge in [-0.05, 0) is 18.2 Å². The second-order valence-corrected chi connectivity index (χ2v) is 3.72. The van der Waals surface area contributed by atoms with Crippen LogP contribution in [0.2, 0.25) is 0 Å². The van der Waals surface area contributed by atoms with Crippen molar-refractivity contribution >= 4 is 11.6 Å². The number of imidazole rings is 1. The van der Waals surface area contributed by atoms with Gasteiger partial charge in [-0.1, -0.05) is 0 Å². The molecule has 0 aliphatic rings. The molecule has 0 spiro atoms. The number of nitrogen functional groups attached to an aromatic ring is 1.